The molecule has 0 fully saturated rings. The van der Waals surface area contributed by atoms with Crippen LogP contribution in [0.1, 0.15) is 11.7 Å². The summed E-state index contributed by atoms with van der Waals surface area (Å²) in [5.41, 5.74) is 1.49. The number of aromatic nitrogens is 2. The maximum atomic E-state index is 11.8. The highest BCUT2D eigenvalue weighted by molar-refractivity contribution is 5.89. The minimum atomic E-state index is -0.306. The first kappa shape index (κ1) is 13.9. The molecule has 0 saturated carbocycles. The largest absolute Gasteiger partial charge is 0.467 e. The highest BCUT2D eigenvalue weighted by atomic mass is 16.5. The van der Waals surface area contributed by atoms with Crippen molar-refractivity contribution in [3.8, 4) is 11.4 Å². The third-order valence-electron chi connectivity index (χ3n) is 2.93. The molecule has 112 valence electrons. The van der Waals surface area contributed by atoms with Crippen molar-refractivity contribution in [1.82, 2.24) is 15.5 Å². The fraction of sp³-hybridized carbons (Fsp3) is 0.133. The minimum Gasteiger partial charge on any atom is -0.467 e. The maximum absolute atomic E-state index is 11.8. The van der Waals surface area contributed by atoms with E-state index in [1.165, 1.54) is 0 Å². The smallest absolute Gasteiger partial charge is 0.319 e. The van der Waals surface area contributed by atoms with Crippen molar-refractivity contribution in [3.63, 3.8) is 0 Å². The van der Waals surface area contributed by atoms with Gasteiger partial charge in [0.25, 0.3) is 0 Å². The van der Waals surface area contributed by atoms with Crippen LogP contribution in [0, 0.1) is 6.92 Å². The lowest BCUT2D eigenvalue weighted by Crippen LogP contribution is -2.27. The summed E-state index contributed by atoms with van der Waals surface area (Å²) in [4.78, 5) is 15.9. The summed E-state index contributed by atoms with van der Waals surface area (Å²) in [5, 5.41) is 9.27. The number of rotatable bonds is 4. The van der Waals surface area contributed by atoms with E-state index >= 15 is 0 Å². The molecule has 2 amide bonds. The van der Waals surface area contributed by atoms with Gasteiger partial charge in [0.15, 0.2) is 0 Å². The van der Waals surface area contributed by atoms with Crippen molar-refractivity contribution in [1.29, 1.82) is 0 Å². The second kappa shape index (κ2) is 6.13. The van der Waals surface area contributed by atoms with Crippen LogP contribution >= 0.6 is 0 Å². The molecule has 0 unspecified atom stereocenters. The van der Waals surface area contributed by atoms with Gasteiger partial charge in [-0.2, -0.15) is 4.98 Å². The van der Waals surface area contributed by atoms with Crippen LogP contribution in [0.4, 0.5) is 10.5 Å². The number of carbonyl (C=O) groups excluding carboxylic acids is 1. The number of hydrogen-bond donors (Lipinski definition) is 2. The molecule has 2 N–H and O–H groups in total. The van der Waals surface area contributed by atoms with E-state index < -0.39 is 0 Å². The SMILES string of the molecule is Cc1nc(-c2ccc(NC(=O)NCc3ccco3)cc2)no1. The number of amides is 2. The molecule has 0 bridgehead atoms. The highest BCUT2D eigenvalue weighted by Crippen LogP contribution is 2.18. The van der Waals surface area contributed by atoms with Gasteiger partial charge < -0.3 is 19.6 Å². The van der Waals surface area contributed by atoms with Crippen LogP contribution in [0.15, 0.2) is 51.6 Å². The van der Waals surface area contributed by atoms with Crippen molar-refractivity contribution in [3.05, 3.63) is 54.3 Å². The first-order valence-electron chi connectivity index (χ1n) is 6.69. The Bertz CT molecular complexity index is 747. The zero-order valence-corrected chi connectivity index (χ0v) is 11.9. The minimum absolute atomic E-state index is 0.306. The molecule has 3 aromatic rings. The predicted molar refractivity (Wildman–Crippen MR) is 79.0 cm³/mol. The van der Waals surface area contributed by atoms with Gasteiger partial charge in [0.05, 0.1) is 12.8 Å². The number of urea groups is 1. The van der Waals surface area contributed by atoms with E-state index in [0.29, 0.717) is 29.7 Å². The summed E-state index contributed by atoms with van der Waals surface area (Å²) in [6.45, 7) is 2.06. The molecule has 7 nitrogen and oxygen atoms in total. The molecule has 1 aromatic carbocycles. The average molecular weight is 298 g/mol. The van der Waals surface area contributed by atoms with Crippen LogP contribution in [0.5, 0.6) is 0 Å². The summed E-state index contributed by atoms with van der Waals surface area (Å²) >= 11 is 0. The van der Waals surface area contributed by atoms with E-state index in [0.717, 1.165) is 5.56 Å². The number of carbonyl (C=O) groups is 1. The molecule has 7 heteroatoms. The van der Waals surface area contributed by atoms with Crippen LogP contribution in [0.3, 0.4) is 0 Å². The van der Waals surface area contributed by atoms with Gasteiger partial charge >= 0.3 is 6.03 Å². The fourth-order valence-electron chi connectivity index (χ4n) is 1.87. The number of anilines is 1. The topological polar surface area (TPSA) is 93.2 Å². The monoisotopic (exact) mass is 298 g/mol. The lowest BCUT2D eigenvalue weighted by Gasteiger charge is -2.06. The summed E-state index contributed by atoms with van der Waals surface area (Å²) in [7, 11) is 0. The van der Waals surface area contributed by atoms with Crippen molar-refractivity contribution >= 4 is 11.7 Å². The van der Waals surface area contributed by atoms with Crippen molar-refractivity contribution < 1.29 is 13.7 Å². The molecule has 0 atom stereocenters. The van der Waals surface area contributed by atoms with Crippen LogP contribution in [0.25, 0.3) is 11.4 Å². The van der Waals surface area contributed by atoms with Gasteiger partial charge in [-0.05, 0) is 36.4 Å². The Morgan fingerprint density at radius 2 is 2.05 bits per heavy atom. The quantitative estimate of drug-likeness (QED) is 0.772. The average Bonchev–Trinajstić information content (AvgIpc) is 3.17. The Balaban J connectivity index is 1.57. The van der Waals surface area contributed by atoms with E-state index in [-0.39, 0.29) is 6.03 Å². The lowest BCUT2D eigenvalue weighted by molar-refractivity contribution is 0.251. The molecule has 0 spiro atoms. The van der Waals surface area contributed by atoms with Gasteiger partial charge in [-0.25, -0.2) is 4.79 Å². The fourth-order valence-corrected chi connectivity index (χ4v) is 1.87. The molecule has 0 radical (unpaired) electrons. The number of nitrogens with one attached hydrogen (secondary N) is 2. The Labute approximate surface area is 126 Å². The first-order valence-corrected chi connectivity index (χ1v) is 6.69. The van der Waals surface area contributed by atoms with Crippen LogP contribution in [-0.4, -0.2) is 16.2 Å². The molecule has 0 aliphatic rings. The molecule has 2 heterocycles. The summed E-state index contributed by atoms with van der Waals surface area (Å²) in [6.07, 6.45) is 1.56. The molecule has 0 saturated heterocycles. The van der Waals surface area contributed by atoms with Gasteiger partial charge in [-0.15, -0.1) is 0 Å². The van der Waals surface area contributed by atoms with E-state index in [9.17, 15) is 4.79 Å². The van der Waals surface area contributed by atoms with E-state index in [4.69, 9.17) is 8.94 Å². The Kier molecular flexibility index (Phi) is 3.86. The second-order valence-corrected chi connectivity index (χ2v) is 4.60. The zero-order valence-electron chi connectivity index (χ0n) is 11.9. The van der Waals surface area contributed by atoms with Crippen molar-refractivity contribution in [2.75, 3.05) is 5.32 Å². The van der Waals surface area contributed by atoms with Crippen LogP contribution < -0.4 is 10.6 Å². The number of benzene rings is 1. The van der Waals surface area contributed by atoms with Crippen LogP contribution in [0.2, 0.25) is 0 Å². The maximum Gasteiger partial charge on any atom is 0.319 e. The molecule has 2 aromatic heterocycles. The normalized spacial score (nSPS) is 10.4. The van der Waals surface area contributed by atoms with E-state index in [1.807, 2.05) is 12.1 Å². The second-order valence-electron chi connectivity index (χ2n) is 4.60. The molecular formula is C15H14N4O3. The molecule has 22 heavy (non-hydrogen) atoms. The third-order valence-corrected chi connectivity index (χ3v) is 2.93. The van der Waals surface area contributed by atoms with E-state index in [1.54, 1.807) is 37.5 Å². The van der Waals surface area contributed by atoms with E-state index in [2.05, 4.69) is 20.8 Å². The Hall–Kier alpha value is -3.09. The molecule has 3 rings (SSSR count). The van der Waals surface area contributed by atoms with Crippen molar-refractivity contribution in [2.24, 2.45) is 0 Å². The summed E-state index contributed by atoms with van der Waals surface area (Å²) in [6, 6.07) is 10.4. The Morgan fingerprint density at radius 1 is 1.23 bits per heavy atom. The third kappa shape index (κ3) is 3.32. The zero-order chi connectivity index (χ0) is 15.4. The number of nitrogens with zero attached hydrogens (tertiary/aromatic N) is 2. The summed E-state index contributed by atoms with van der Waals surface area (Å²) < 4.78 is 10.1. The van der Waals surface area contributed by atoms with Gasteiger partial charge in [0.1, 0.15) is 5.76 Å². The van der Waals surface area contributed by atoms with Crippen molar-refractivity contribution in [2.45, 2.75) is 13.5 Å². The van der Waals surface area contributed by atoms with Gasteiger partial charge in [0.2, 0.25) is 11.7 Å². The lowest BCUT2D eigenvalue weighted by atomic mass is 10.2. The molecule has 0 aliphatic heterocycles. The molecule has 0 aliphatic carbocycles. The van der Waals surface area contributed by atoms with Gasteiger partial charge in [-0.3, -0.25) is 0 Å². The predicted octanol–water partition coefficient (Wildman–Crippen LogP) is 2.96. The van der Waals surface area contributed by atoms with Crippen LogP contribution in [-0.2, 0) is 6.54 Å². The first-order chi connectivity index (χ1) is 10.7. The summed E-state index contributed by atoms with van der Waals surface area (Å²) in [5.74, 6) is 1.72. The standard InChI is InChI=1S/C15H14N4O3/c1-10-17-14(19-22-10)11-4-6-12(7-5-11)18-15(20)16-9-13-3-2-8-21-13/h2-8H,9H2,1H3,(H2,16,18,20). The number of aryl methyl sites for hydroxylation is 1. The number of hydrogen-bond acceptors (Lipinski definition) is 5. The van der Waals surface area contributed by atoms with Gasteiger partial charge in [-0.1, -0.05) is 5.16 Å². The van der Waals surface area contributed by atoms with Gasteiger partial charge in [0, 0.05) is 18.2 Å². The Morgan fingerprint density at radius 3 is 2.68 bits per heavy atom. The highest BCUT2D eigenvalue weighted by Gasteiger charge is 2.07. The number of furan rings is 1. The molecular weight excluding hydrogens is 284 g/mol.